The Morgan fingerprint density at radius 1 is 0.297 bits per heavy atom. The first-order chi connectivity index (χ1) is 36.0. The van der Waals surface area contributed by atoms with Crippen molar-refractivity contribution in [2.24, 2.45) is 20.0 Å². The number of rotatable bonds is 12. The topological polar surface area (TPSA) is 75.2 Å². The van der Waals surface area contributed by atoms with E-state index < -0.39 is 0 Å². The number of pyridine rings is 2. The van der Waals surface area contributed by atoms with Gasteiger partial charge in [0.1, 0.15) is 0 Å². The van der Waals surface area contributed by atoms with E-state index in [0.717, 1.165) is 113 Å². The maximum absolute atomic E-state index is 5.42. The first kappa shape index (κ1) is 55.5. The van der Waals surface area contributed by atoms with Crippen molar-refractivity contribution in [2.75, 3.05) is 0 Å². The Kier molecular flexibility index (Phi) is 20.9. The van der Waals surface area contributed by atoms with Crippen molar-refractivity contribution in [1.29, 1.82) is 0 Å². The van der Waals surface area contributed by atoms with Gasteiger partial charge in [-0.1, -0.05) is 158 Å². The molecule has 0 aliphatic rings. The van der Waals surface area contributed by atoms with Gasteiger partial charge < -0.3 is 0 Å². The van der Waals surface area contributed by atoms with Gasteiger partial charge in [0.15, 0.2) is 0 Å². The van der Waals surface area contributed by atoms with Crippen LogP contribution in [0.1, 0.15) is 78.4 Å². The molecule has 0 N–H and O–H groups in total. The number of hydrogen-bond donors (Lipinski definition) is 0. The zero-order chi connectivity index (χ0) is 52.4. The third-order valence-corrected chi connectivity index (χ3v) is 12.3. The molecule has 12 heteroatoms. The zero-order valence-electron chi connectivity index (χ0n) is 41.5. The van der Waals surface area contributed by atoms with Gasteiger partial charge in [0.2, 0.25) is 0 Å². The van der Waals surface area contributed by atoms with Crippen molar-refractivity contribution in [3.8, 4) is 0 Å². The quantitative estimate of drug-likeness (QED) is 0.0903. The first-order valence-electron chi connectivity index (χ1n) is 23.5. The Bertz CT molecular complexity index is 3210. The molecule has 2 aromatic heterocycles. The summed E-state index contributed by atoms with van der Waals surface area (Å²) in [6, 6.07) is 69.9. The Hall–Kier alpha value is -6.28. The van der Waals surface area contributed by atoms with Crippen LogP contribution in [0.3, 0.4) is 0 Å². The van der Waals surface area contributed by atoms with Crippen LogP contribution in [-0.4, -0.2) is 32.8 Å². The van der Waals surface area contributed by atoms with E-state index >= 15 is 0 Å². The average Bonchev–Trinajstić information content (AvgIpc) is 3.43. The first-order valence-corrected chi connectivity index (χ1v) is 29.6. The molecule has 0 aliphatic heterocycles. The van der Waals surface area contributed by atoms with E-state index in [1.54, 1.807) is 0 Å². The van der Waals surface area contributed by atoms with Crippen LogP contribution in [0.25, 0.3) is 0 Å². The molecule has 2 heterocycles. The second-order valence-corrected chi connectivity index (χ2v) is 20.7. The van der Waals surface area contributed by atoms with Crippen molar-refractivity contribution in [1.82, 2.24) is 9.97 Å². The summed E-state index contributed by atoms with van der Waals surface area (Å²) in [6.07, 6.45) is 0. The molecule has 74 heavy (non-hydrogen) atoms. The van der Waals surface area contributed by atoms with Crippen LogP contribution in [0.5, 0.6) is 0 Å². The van der Waals surface area contributed by atoms with Crippen LogP contribution in [0.15, 0.2) is 226 Å². The second-order valence-electron chi connectivity index (χ2n) is 17.1. The van der Waals surface area contributed by atoms with Crippen molar-refractivity contribution < 1.29 is 26.3 Å². The van der Waals surface area contributed by atoms with Crippen LogP contribution in [0.4, 0.5) is 22.7 Å². The van der Waals surface area contributed by atoms with Gasteiger partial charge in [0.25, 0.3) is 0 Å². The fourth-order valence-electron chi connectivity index (χ4n) is 8.08. The van der Waals surface area contributed by atoms with Crippen LogP contribution >= 0.6 is 40.4 Å². The molecule has 7 aromatic carbocycles. The third-order valence-electron chi connectivity index (χ3n) is 12.3. The second kappa shape index (κ2) is 27.9. The summed E-state index contributed by atoms with van der Waals surface area (Å²) in [5, 5.41) is 0. The summed E-state index contributed by atoms with van der Waals surface area (Å²) < 4.78 is 0. The van der Waals surface area contributed by atoms with Gasteiger partial charge in [-0.05, 0) is 123 Å². The minimum absolute atomic E-state index is 0.194. The van der Waals surface area contributed by atoms with Crippen LogP contribution in [-0.2, 0) is 26.3 Å². The maximum atomic E-state index is 5.42. The standard InChI is InChI=1S/C62H52N6.4ClH.2Fe/c1-41-23-19-33-51(45(41)5)65-59(47-25-11-7-12-26-47)53-35-21-37-55(63-53)61(49-29-15-9-16-30-49)67-57-39-44(4)58(40-43(57)3)68-62(50-31-17-10-18-32-50)56-38-22-36-54(64-56)60(48-27-13-8-14-28-48)66-52-34-20-24-42(2)46(52)6;;;;;;/h7-40H,1-6H3;4*1H;;/q;;;;;2*+2/p-4. The van der Waals surface area contributed by atoms with Crippen molar-refractivity contribution in [3.05, 3.63) is 285 Å². The predicted molar refractivity (Wildman–Crippen MR) is 307 cm³/mol. The molecular weight excluding hydrogens is 1080 g/mol. The molecule has 9 rings (SSSR count). The number of benzene rings is 7. The van der Waals surface area contributed by atoms with E-state index in [-0.39, 0.29) is 26.3 Å². The summed E-state index contributed by atoms with van der Waals surface area (Å²) >= 11 is 0.389. The van der Waals surface area contributed by atoms with Gasteiger partial charge in [0, 0.05) is 22.3 Å². The van der Waals surface area contributed by atoms with Gasteiger partial charge >= 0.3 is 66.7 Å². The molecule has 0 fully saturated rings. The molecule has 0 saturated heterocycles. The van der Waals surface area contributed by atoms with E-state index in [4.69, 9.17) is 70.3 Å². The zero-order valence-corrected chi connectivity index (χ0v) is 46.8. The molecule has 6 nitrogen and oxygen atoms in total. The molecule has 0 amide bonds. The molecule has 0 atom stereocenters. The molecule has 0 spiro atoms. The molecule has 0 aliphatic carbocycles. The van der Waals surface area contributed by atoms with Crippen molar-refractivity contribution in [2.45, 2.75) is 41.5 Å². The summed E-state index contributed by atoms with van der Waals surface area (Å²) in [5.74, 6) is 0. The van der Waals surface area contributed by atoms with Crippen LogP contribution in [0.2, 0.25) is 0 Å². The molecule has 0 saturated carbocycles. The van der Waals surface area contributed by atoms with Crippen molar-refractivity contribution >= 4 is 86.0 Å². The fourth-order valence-corrected chi connectivity index (χ4v) is 8.08. The number of aromatic nitrogens is 2. The number of aliphatic imine (C=N–C) groups is 4. The van der Waals surface area contributed by atoms with Gasteiger partial charge in [0.05, 0.1) is 68.4 Å². The molecule has 0 radical (unpaired) electrons. The summed E-state index contributed by atoms with van der Waals surface area (Å²) in [6.45, 7) is 12.6. The monoisotopic (exact) mass is 1130 g/mol. The van der Waals surface area contributed by atoms with Crippen LogP contribution < -0.4 is 0 Å². The summed E-state index contributed by atoms with van der Waals surface area (Å²) in [4.78, 5) is 32.0. The van der Waals surface area contributed by atoms with Gasteiger partial charge in [-0.2, -0.15) is 0 Å². The number of halogens is 4. The minimum atomic E-state index is 0.194. The predicted octanol–water partition coefficient (Wildman–Crippen LogP) is 17.8. The Balaban J connectivity index is 0.00000127. The molecular formula is C62H52Cl4Fe2N6. The van der Waals surface area contributed by atoms with E-state index in [1.165, 1.54) is 11.1 Å². The Labute approximate surface area is 464 Å². The van der Waals surface area contributed by atoms with Gasteiger partial charge in [-0.25, -0.2) is 29.9 Å². The van der Waals surface area contributed by atoms with Gasteiger partial charge in [-0.15, -0.1) is 0 Å². The molecule has 9 aromatic rings. The van der Waals surface area contributed by atoms with E-state index in [2.05, 4.69) is 139 Å². The summed E-state index contributed by atoms with van der Waals surface area (Å²) in [7, 11) is 19.1. The Morgan fingerprint density at radius 2 is 0.541 bits per heavy atom. The van der Waals surface area contributed by atoms with E-state index in [9.17, 15) is 0 Å². The number of nitrogens with zero attached hydrogens (tertiary/aromatic N) is 6. The van der Waals surface area contributed by atoms with Crippen LogP contribution in [0, 0.1) is 41.5 Å². The molecule has 0 unspecified atom stereocenters. The van der Waals surface area contributed by atoms with Crippen molar-refractivity contribution in [3.63, 3.8) is 0 Å². The average molecular weight is 1130 g/mol. The number of aryl methyl sites for hydroxylation is 4. The van der Waals surface area contributed by atoms with E-state index in [0.29, 0.717) is 0 Å². The molecule has 0 bridgehead atoms. The summed E-state index contributed by atoms with van der Waals surface area (Å²) in [5.41, 5.74) is 20.1. The molecule has 374 valence electrons. The number of hydrogen-bond acceptors (Lipinski definition) is 6. The van der Waals surface area contributed by atoms with E-state index in [1.807, 2.05) is 109 Å². The third kappa shape index (κ3) is 14.5. The Morgan fingerprint density at radius 3 is 0.811 bits per heavy atom. The fraction of sp³-hybridized carbons (Fsp3) is 0.0968. The van der Waals surface area contributed by atoms with Gasteiger partial charge in [-0.3, -0.25) is 0 Å². The normalized spacial score (nSPS) is 11.9. The SMILES string of the molecule is Cc1cc(N=C(c2ccccc2)c2cccc(C(=Nc3cccc(C)c3C)c3ccccc3)n2)c(C)cc1N=C(c1ccccc1)c1cccc(C(=Nc2cccc(C)c2C)c2ccccc2)n1.[Cl][Fe][Cl].[Cl][Fe][Cl].